The van der Waals surface area contributed by atoms with Gasteiger partial charge in [0.05, 0.1) is 12.6 Å². The summed E-state index contributed by atoms with van der Waals surface area (Å²) in [5.74, 6) is -0.403. The number of nitrogens with zero attached hydrogens (tertiary/aromatic N) is 2. The monoisotopic (exact) mass is 317 g/mol. The number of nitriles is 1. The van der Waals surface area contributed by atoms with Crippen molar-refractivity contribution in [3.8, 4) is 6.07 Å². The van der Waals surface area contributed by atoms with Gasteiger partial charge in [-0.25, -0.2) is 4.39 Å². The van der Waals surface area contributed by atoms with Crippen LogP contribution in [-0.4, -0.2) is 29.9 Å². The summed E-state index contributed by atoms with van der Waals surface area (Å²) in [5, 5.41) is 12.4. The third-order valence-electron chi connectivity index (χ3n) is 4.71. The maximum absolute atomic E-state index is 13.0. The van der Waals surface area contributed by atoms with Crippen molar-refractivity contribution in [3.05, 3.63) is 35.6 Å². The van der Waals surface area contributed by atoms with Crippen LogP contribution in [0.25, 0.3) is 0 Å². The van der Waals surface area contributed by atoms with Crippen molar-refractivity contribution in [2.45, 2.75) is 50.6 Å². The lowest BCUT2D eigenvalue weighted by atomic mass is 9.83. The Labute approximate surface area is 137 Å². The molecule has 0 bridgehead atoms. The van der Waals surface area contributed by atoms with E-state index in [0.717, 1.165) is 37.7 Å². The Kier molecular flexibility index (Phi) is 5.73. The van der Waals surface area contributed by atoms with Gasteiger partial charge in [-0.3, -0.25) is 9.69 Å². The van der Waals surface area contributed by atoms with E-state index in [4.69, 9.17) is 0 Å². The lowest BCUT2D eigenvalue weighted by Gasteiger charge is -2.33. The van der Waals surface area contributed by atoms with Gasteiger partial charge in [0, 0.05) is 6.04 Å². The number of rotatable bonds is 5. The van der Waals surface area contributed by atoms with Crippen LogP contribution in [0.5, 0.6) is 0 Å². The molecule has 0 aromatic heterocycles. The molecule has 5 heteroatoms. The Morgan fingerprint density at radius 2 is 1.96 bits per heavy atom. The molecule has 1 aromatic carbocycles. The minimum absolute atomic E-state index is 0.00857. The SMILES string of the molecule is CC(c1ccc(F)cc1)N(C)CC(=O)NC1(C#N)CCCCC1. The second kappa shape index (κ2) is 7.56. The first-order chi connectivity index (χ1) is 11.0. The molecule has 0 saturated heterocycles. The maximum atomic E-state index is 13.0. The lowest BCUT2D eigenvalue weighted by Crippen LogP contribution is -2.51. The molecule has 1 aromatic rings. The zero-order chi connectivity index (χ0) is 16.9. The van der Waals surface area contributed by atoms with E-state index in [-0.39, 0.29) is 24.3 Å². The van der Waals surface area contributed by atoms with E-state index in [2.05, 4.69) is 11.4 Å². The smallest absolute Gasteiger partial charge is 0.235 e. The molecule has 23 heavy (non-hydrogen) atoms. The fourth-order valence-electron chi connectivity index (χ4n) is 3.09. The molecule has 4 nitrogen and oxygen atoms in total. The zero-order valence-corrected chi connectivity index (χ0v) is 13.8. The van der Waals surface area contributed by atoms with Gasteiger partial charge in [-0.15, -0.1) is 0 Å². The summed E-state index contributed by atoms with van der Waals surface area (Å²) in [6.07, 6.45) is 4.55. The van der Waals surface area contributed by atoms with E-state index >= 15 is 0 Å². The van der Waals surface area contributed by atoms with Crippen molar-refractivity contribution in [1.29, 1.82) is 5.26 Å². The van der Waals surface area contributed by atoms with Gasteiger partial charge >= 0.3 is 0 Å². The molecule has 1 saturated carbocycles. The fraction of sp³-hybridized carbons (Fsp3) is 0.556. The summed E-state index contributed by atoms with van der Waals surface area (Å²) < 4.78 is 13.0. The molecular weight excluding hydrogens is 293 g/mol. The van der Waals surface area contributed by atoms with Crippen LogP contribution in [0, 0.1) is 17.1 Å². The molecule has 124 valence electrons. The summed E-state index contributed by atoms with van der Waals surface area (Å²) in [6, 6.07) is 8.59. The first kappa shape index (κ1) is 17.4. The van der Waals surface area contributed by atoms with Gasteiger partial charge in [-0.1, -0.05) is 31.4 Å². The minimum Gasteiger partial charge on any atom is -0.337 e. The van der Waals surface area contributed by atoms with Crippen molar-refractivity contribution in [1.82, 2.24) is 10.2 Å². The maximum Gasteiger partial charge on any atom is 0.235 e. The molecule has 1 amide bonds. The van der Waals surface area contributed by atoms with Crippen LogP contribution >= 0.6 is 0 Å². The molecule has 1 aliphatic carbocycles. The van der Waals surface area contributed by atoms with Crippen LogP contribution in [0.2, 0.25) is 0 Å². The molecule has 1 fully saturated rings. The first-order valence-electron chi connectivity index (χ1n) is 8.14. The highest BCUT2D eigenvalue weighted by Crippen LogP contribution is 2.27. The Bertz CT molecular complexity index is 573. The summed E-state index contributed by atoms with van der Waals surface area (Å²) in [5.41, 5.74) is 0.254. The number of hydrogen-bond donors (Lipinski definition) is 1. The number of benzene rings is 1. The molecular formula is C18H24FN3O. The van der Waals surface area contributed by atoms with Gasteiger partial charge in [0.1, 0.15) is 11.4 Å². The number of nitrogens with one attached hydrogen (secondary N) is 1. The Morgan fingerprint density at radius 3 is 2.52 bits per heavy atom. The number of hydrogen-bond acceptors (Lipinski definition) is 3. The average Bonchev–Trinajstić information content (AvgIpc) is 2.55. The van der Waals surface area contributed by atoms with Crippen LogP contribution in [0.3, 0.4) is 0 Å². The van der Waals surface area contributed by atoms with Crippen molar-refractivity contribution in [3.63, 3.8) is 0 Å². The lowest BCUT2D eigenvalue weighted by molar-refractivity contribution is -0.124. The predicted octanol–water partition coefficient (Wildman–Crippen LogP) is 3.16. The van der Waals surface area contributed by atoms with Gasteiger partial charge in [0.15, 0.2) is 0 Å². The molecule has 1 aliphatic rings. The van der Waals surface area contributed by atoms with Crippen molar-refractivity contribution < 1.29 is 9.18 Å². The van der Waals surface area contributed by atoms with E-state index in [1.54, 1.807) is 12.1 Å². The van der Waals surface area contributed by atoms with E-state index in [9.17, 15) is 14.4 Å². The number of halogens is 1. The topological polar surface area (TPSA) is 56.1 Å². The predicted molar refractivity (Wildman–Crippen MR) is 87.0 cm³/mol. The Morgan fingerprint density at radius 1 is 1.35 bits per heavy atom. The van der Waals surface area contributed by atoms with Crippen LogP contribution in [0.1, 0.15) is 50.6 Å². The van der Waals surface area contributed by atoms with E-state index in [1.165, 1.54) is 12.1 Å². The van der Waals surface area contributed by atoms with E-state index in [0.29, 0.717) is 0 Å². The molecule has 0 radical (unpaired) electrons. The molecule has 1 atom stereocenters. The third kappa shape index (κ3) is 4.52. The highest BCUT2D eigenvalue weighted by atomic mass is 19.1. The standard InChI is InChI=1S/C18H24FN3O/c1-14(15-6-8-16(19)9-7-15)22(2)12-17(23)21-18(13-20)10-4-3-5-11-18/h6-9,14H,3-5,10-12H2,1-2H3,(H,21,23). The quantitative estimate of drug-likeness (QED) is 0.907. The van der Waals surface area contributed by atoms with E-state index < -0.39 is 5.54 Å². The van der Waals surface area contributed by atoms with Crippen LogP contribution in [0.4, 0.5) is 4.39 Å². The van der Waals surface area contributed by atoms with Crippen LogP contribution in [-0.2, 0) is 4.79 Å². The highest BCUT2D eigenvalue weighted by molar-refractivity contribution is 5.79. The zero-order valence-electron chi connectivity index (χ0n) is 13.8. The number of carbonyl (C=O) groups excluding carboxylic acids is 1. The number of carbonyl (C=O) groups is 1. The second-order valence-corrected chi connectivity index (χ2v) is 6.45. The Balaban J connectivity index is 1.93. The summed E-state index contributed by atoms with van der Waals surface area (Å²) in [4.78, 5) is 14.2. The number of amides is 1. The third-order valence-corrected chi connectivity index (χ3v) is 4.71. The summed E-state index contributed by atoms with van der Waals surface area (Å²) in [7, 11) is 1.85. The van der Waals surface area contributed by atoms with Gasteiger partial charge in [-0.2, -0.15) is 5.26 Å². The molecule has 0 heterocycles. The van der Waals surface area contributed by atoms with Gasteiger partial charge in [0.25, 0.3) is 0 Å². The normalized spacial score (nSPS) is 18.2. The fourth-order valence-corrected chi connectivity index (χ4v) is 3.09. The van der Waals surface area contributed by atoms with Crippen molar-refractivity contribution >= 4 is 5.91 Å². The second-order valence-electron chi connectivity index (χ2n) is 6.45. The first-order valence-corrected chi connectivity index (χ1v) is 8.14. The average molecular weight is 317 g/mol. The van der Waals surface area contributed by atoms with Crippen molar-refractivity contribution in [2.24, 2.45) is 0 Å². The van der Waals surface area contributed by atoms with E-state index in [1.807, 2.05) is 18.9 Å². The minimum atomic E-state index is -0.699. The molecule has 2 rings (SSSR count). The molecule has 1 unspecified atom stereocenters. The van der Waals surface area contributed by atoms with Crippen molar-refractivity contribution in [2.75, 3.05) is 13.6 Å². The number of likely N-dealkylation sites (N-methyl/N-ethyl adjacent to an activating group) is 1. The molecule has 1 N–H and O–H groups in total. The van der Waals surface area contributed by atoms with Gasteiger partial charge < -0.3 is 5.32 Å². The largest absolute Gasteiger partial charge is 0.337 e. The Hall–Kier alpha value is -1.93. The molecule has 0 aliphatic heterocycles. The van der Waals surface area contributed by atoms with Crippen LogP contribution in [0.15, 0.2) is 24.3 Å². The highest BCUT2D eigenvalue weighted by Gasteiger charge is 2.33. The molecule has 0 spiro atoms. The summed E-state index contributed by atoms with van der Waals surface area (Å²) in [6.45, 7) is 2.18. The van der Waals surface area contributed by atoms with Crippen LogP contribution < -0.4 is 5.32 Å². The summed E-state index contributed by atoms with van der Waals surface area (Å²) >= 11 is 0. The van der Waals surface area contributed by atoms with Gasteiger partial charge in [0.2, 0.25) is 5.91 Å². The van der Waals surface area contributed by atoms with Gasteiger partial charge in [-0.05, 0) is 44.5 Å².